The van der Waals surface area contributed by atoms with Gasteiger partial charge in [0.25, 0.3) is 0 Å². The summed E-state index contributed by atoms with van der Waals surface area (Å²) in [5, 5.41) is -0.968. The predicted molar refractivity (Wildman–Crippen MR) is 63.0 cm³/mol. The van der Waals surface area contributed by atoms with E-state index in [0.717, 1.165) is 5.56 Å². The van der Waals surface area contributed by atoms with Crippen molar-refractivity contribution in [3.63, 3.8) is 0 Å². The average Bonchev–Trinajstić information content (AvgIpc) is 2.93. The van der Waals surface area contributed by atoms with Gasteiger partial charge in [0.05, 0.1) is 6.16 Å². The van der Waals surface area contributed by atoms with E-state index < -0.39 is 12.6 Å². The van der Waals surface area contributed by atoms with Gasteiger partial charge in [0.1, 0.15) is 5.28 Å². The minimum atomic E-state index is -3.39. The van der Waals surface area contributed by atoms with Crippen LogP contribution in [0.4, 0.5) is 0 Å². The SMILES string of the molecule is C=C[C@@H]1C[C@]1(N)P(=O)(O)Cc1cccnc1. The summed E-state index contributed by atoms with van der Waals surface area (Å²) in [5.41, 5.74) is 6.67. The molecule has 0 aliphatic heterocycles. The molecule has 3 atom stereocenters. The van der Waals surface area contributed by atoms with Crippen LogP contribution < -0.4 is 5.73 Å². The number of nitrogens with zero attached hydrogens (tertiary/aromatic N) is 1. The molecule has 1 aromatic rings. The Hall–Kier alpha value is -0.960. The molecule has 0 radical (unpaired) electrons. The maximum Gasteiger partial charge on any atom is 0.224 e. The van der Waals surface area contributed by atoms with Gasteiger partial charge in [0.2, 0.25) is 7.37 Å². The van der Waals surface area contributed by atoms with Gasteiger partial charge in [-0.1, -0.05) is 12.1 Å². The Morgan fingerprint density at radius 3 is 3.06 bits per heavy atom. The number of rotatable bonds is 4. The molecule has 0 saturated heterocycles. The zero-order valence-corrected chi connectivity index (χ0v) is 9.81. The number of nitrogens with two attached hydrogens (primary N) is 1. The smallest absolute Gasteiger partial charge is 0.224 e. The third-order valence-corrected chi connectivity index (χ3v) is 5.69. The first kappa shape index (κ1) is 11.5. The Kier molecular flexibility index (Phi) is 2.74. The van der Waals surface area contributed by atoms with Crippen molar-refractivity contribution in [3.8, 4) is 0 Å². The summed E-state index contributed by atoms with van der Waals surface area (Å²) >= 11 is 0. The molecule has 2 rings (SSSR count). The highest BCUT2D eigenvalue weighted by atomic mass is 31.2. The van der Waals surface area contributed by atoms with Crippen LogP contribution in [-0.2, 0) is 10.7 Å². The summed E-state index contributed by atoms with van der Waals surface area (Å²) in [6.07, 6.45) is 5.52. The van der Waals surface area contributed by atoms with Crippen molar-refractivity contribution in [2.75, 3.05) is 0 Å². The molecule has 1 aromatic heterocycles. The average molecular weight is 238 g/mol. The van der Waals surface area contributed by atoms with Crippen LogP contribution in [0.3, 0.4) is 0 Å². The van der Waals surface area contributed by atoms with Crippen LogP contribution >= 0.6 is 7.37 Å². The molecule has 1 unspecified atom stereocenters. The topological polar surface area (TPSA) is 76.2 Å². The van der Waals surface area contributed by atoms with Crippen LogP contribution in [0.2, 0.25) is 0 Å². The van der Waals surface area contributed by atoms with Crippen molar-refractivity contribution in [3.05, 3.63) is 42.7 Å². The normalized spacial score (nSPS) is 31.8. The molecule has 5 heteroatoms. The van der Waals surface area contributed by atoms with Crippen molar-refractivity contribution in [1.82, 2.24) is 4.98 Å². The van der Waals surface area contributed by atoms with E-state index in [-0.39, 0.29) is 12.1 Å². The third kappa shape index (κ3) is 1.84. The summed E-state index contributed by atoms with van der Waals surface area (Å²) in [5.74, 6) is -0.0417. The molecule has 86 valence electrons. The van der Waals surface area contributed by atoms with Crippen molar-refractivity contribution in [2.45, 2.75) is 17.9 Å². The second-order valence-electron chi connectivity index (χ2n) is 4.26. The van der Waals surface area contributed by atoms with E-state index in [4.69, 9.17) is 5.73 Å². The molecule has 1 aliphatic rings. The lowest BCUT2D eigenvalue weighted by Crippen LogP contribution is -2.25. The fourth-order valence-corrected chi connectivity index (χ4v) is 3.95. The highest BCUT2D eigenvalue weighted by Crippen LogP contribution is 2.69. The molecule has 16 heavy (non-hydrogen) atoms. The van der Waals surface area contributed by atoms with Crippen LogP contribution in [0.5, 0.6) is 0 Å². The number of pyridine rings is 1. The van der Waals surface area contributed by atoms with Crippen molar-refractivity contribution < 1.29 is 9.46 Å². The molecule has 0 amide bonds. The molecule has 4 nitrogen and oxygen atoms in total. The van der Waals surface area contributed by atoms with Crippen molar-refractivity contribution in [1.29, 1.82) is 0 Å². The molecule has 1 heterocycles. The quantitative estimate of drug-likeness (QED) is 0.618. The summed E-state index contributed by atoms with van der Waals surface area (Å²) in [6, 6.07) is 3.53. The Balaban J connectivity index is 2.16. The Bertz CT molecular complexity index is 449. The molecule has 1 fully saturated rings. The van der Waals surface area contributed by atoms with Gasteiger partial charge in [-0.3, -0.25) is 9.55 Å². The van der Waals surface area contributed by atoms with Crippen molar-refractivity contribution in [2.24, 2.45) is 11.7 Å². The van der Waals surface area contributed by atoms with E-state index in [2.05, 4.69) is 11.6 Å². The molecular weight excluding hydrogens is 223 g/mol. The molecule has 1 saturated carbocycles. The molecule has 1 aliphatic carbocycles. The standard InChI is InChI=1S/C11H15N2O2P/c1-2-10-6-11(10,12)16(14,15)8-9-4-3-5-13-7-9/h2-5,7,10H,1,6,8,12H2,(H,14,15)/t10-,11+/m1/s1. The highest BCUT2D eigenvalue weighted by Gasteiger charge is 2.61. The van der Waals surface area contributed by atoms with E-state index >= 15 is 0 Å². The summed E-state index contributed by atoms with van der Waals surface area (Å²) < 4.78 is 12.2. The monoisotopic (exact) mass is 238 g/mol. The van der Waals surface area contributed by atoms with Gasteiger partial charge < -0.3 is 10.6 Å². The van der Waals surface area contributed by atoms with Gasteiger partial charge in [-0.05, 0) is 18.1 Å². The van der Waals surface area contributed by atoms with E-state index in [1.807, 2.05) is 0 Å². The highest BCUT2D eigenvalue weighted by molar-refractivity contribution is 7.59. The molecule has 0 aromatic carbocycles. The van der Waals surface area contributed by atoms with E-state index in [1.54, 1.807) is 30.6 Å². The Labute approximate surface area is 94.7 Å². The van der Waals surface area contributed by atoms with Crippen LogP contribution in [-0.4, -0.2) is 15.2 Å². The minimum Gasteiger partial charge on any atom is -0.343 e. The lowest BCUT2D eigenvalue weighted by atomic mass is 10.3. The van der Waals surface area contributed by atoms with E-state index in [1.165, 1.54) is 0 Å². The van der Waals surface area contributed by atoms with Gasteiger partial charge in [0.15, 0.2) is 0 Å². The Morgan fingerprint density at radius 1 is 1.81 bits per heavy atom. The fraction of sp³-hybridized carbons (Fsp3) is 0.364. The first-order valence-corrected chi connectivity index (χ1v) is 6.96. The zero-order valence-electron chi connectivity index (χ0n) is 8.91. The third-order valence-electron chi connectivity index (χ3n) is 3.08. The first-order valence-electron chi connectivity index (χ1n) is 5.12. The van der Waals surface area contributed by atoms with Gasteiger partial charge in [-0.25, -0.2) is 0 Å². The van der Waals surface area contributed by atoms with Crippen LogP contribution in [0, 0.1) is 5.92 Å². The van der Waals surface area contributed by atoms with Gasteiger partial charge in [-0.2, -0.15) is 0 Å². The van der Waals surface area contributed by atoms with E-state index in [0.29, 0.717) is 6.42 Å². The number of hydrogen-bond acceptors (Lipinski definition) is 3. The fourth-order valence-electron chi connectivity index (χ4n) is 1.87. The molecule has 3 N–H and O–H groups in total. The molecule has 0 bridgehead atoms. The van der Waals surface area contributed by atoms with Crippen LogP contribution in [0.15, 0.2) is 37.2 Å². The summed E-state index contributed by atoms with van der Waals surface area (Å²) in [7, 11) is -3.39. The first-order chi connectivity index (χ1) is 7.49. The van der Waals surface area contributed by atoms with Crippen LogP contribution in [0.25, 0.3) is 0 Å². The minimum absolute atomic E-state index is 0.0417. The van der Waals surface area contributed by atoms with Crippen LogP contribution in [0.1, 0.15) is 12.0 Å². The maximum absolute atomic E-state index is 12.2. The lowest BCUT2D eigenvalue weighted by molar-refractivity contribution is 0.456. The second kappa shape index (κ2) is 3.81. The molecule has 0 spiro atoms. The van der Waals surface area contributed by atoms with Gasteiger partial charge >= 0.3 is 0 Å². The predicted octanol–water partition coefficient (Wildman–Crippen LogP) is 1.71. The Morgan fingerprint density at radius 2 is 2.56 bits per heavy atom. The summed E-state index contributed by atoms with van der Waals surface area (Å²) in [6.45, 7) is 3.61. The lowest BCUT2D eigenvalue weighted by Gasteiger charge is -2.19. The van der Waals surface area contributed by atoms with Gasteiger partial charge in [-0.15, -0.1) is 6.58 Å². The second-order valence-corrected chi connectivity index (χ2v) is 6.81. The maximum atomic E-state index is 12.2. The number of hydrogen-bond donors (Lipinski definition) is 2. The number of aromatic nitrogens is 1. The largest absolute Gasteiger partial charge is 0.343 e. The van der Waals surface area contributed by atoms with E-state index in [9.17, 15) is 9.46 Å². The molecular formula is C11H15N2O2P. The van der Waals surface area contributed by atoms with Gasteiger partial charge in [0, 0.05) is 18.3 Å². The van der Waals surface area contributed by atoms with Crippen molar-refractivity contribution >= 4 is 7.37 Å². The zero-order chi connectivity index (χ0) is 11.8. The summed E-state index contributed by atoms with van der Waals surface area (Å²) in [4.78, 5) is 13.9.